The zero-order chi connectivity index (χ0) is 17.3. The van der Waals surface area contributed by atoms with Crippen LogP contribution in [0.3, 0.4) is 0 Å². The van der Waals surface area contributed by atoms with Crippen LogP contribution >= 0.6 is 42.4 Å². The van der Waals surface area contributed by atoms with Crippen LogP contribution in [0.5, 0.6) is 0 Å². The summed E-state index contributed by atoms with van der Waals surface area (Å²) >= 11 is 17.5. The molecule has 3 atom stereocenters. The van der Waals surface area contributed by atoms with Gasteiger partial charge in [0.25, 0.3) is 0 Å². The first-order chi connectivity index (χ1) is 10.5. The molecule has 1 aromatic carbocycles. The van der Waals surface area contributed by atoms with Crippen LogP contribution in [0.2, 0.25) is 0 Å². The van der Waals surface area contributed by atoms with Gasteiger partial charge in [-0.25, -0.2) is 8.42 Å². The molecule has 1 heterocycles. The maximum atomic E-state index is 12.9. The van der Waals surface area contributed by atoms with Crippen molar-refractivity contribution in [3.8, 4) is 0 Å². The molecule has 0 saturated carbocycles. The third-order valence-electron chi connectivity index (χ3n) is 3.07. The molecule has 6 nitrogen and oxygen atoms in total. The first kappa shape index (κ1) is 19.5. The summed E-state index contributed by atoms with van der Waals surface area (Å²) < 4.78 is 48.1. The minimum atomic E-state index is -4.08. The highest BCUT2D eigenvalue weighted by Crippen LogP contribution is 2.61. The lowest BCUT2D eigenvalue weighted by atomic mass is 10.3. The molecule has 23 heavy (non-hydrogen) atoms. The SMILES string of the molecule is CC1CCOP(=O)(C(NS(=O)(=O)c2ccccc2)C(Cl)(Cl)Cl)O1. The number of nitrogens with one attached hydrogen (secondary N) is 1. The van der Waals surface area contributed by atoms with Crippen LogP contribution in [-0.2, 0) is 23.6 Å². The Kier molecular flexibility index (Phi) is 6.08. The second-order valence-electron chi connectivity index (χ2n) is 4.96. The van der Waals surface area contributed by atoms with Gasteiger partial charge >= 0.3 is 7.60 Å². The molecule has 1 N–H and O–H groups in total. The summed E-state index contributed by atoms with van der Waals surface area (Å²) in [6.07, 6.45) is 0.0906. The number of sulfonamides is 1. The van der Waals surface area contributed by atoms with E-state index in [2.05, 4.69) is 4.72 Å². The number of hydrogen-bond donors (Lipinski definition) is 1. The number of halogens is 3. The summed E-state index contributed by atoms with van der Waals surface area (Å²) in [6, 6.07) is 7.45. The van der Waals surface area contributed by atoms with Gasteiger partial charge < -0.3 is 9.05 Å². The molecule has 0 radical (unpaired) electrons. The largest absolute Gasteiger partial charge is 0.353 e. The van der Waals surface area contributed by atoms with E-state index in [-0.39, 0.29) is 11.5 Å². The van der Waals surface area contributed by atoms with E-state index in [4.69, 9.17) is 43.9 Å². The van der Waals surface area contributed by atoms with Crippen molar-refractivity contribution in [3.63, 3.8) is 0 Å². The highest BCUT2D eigenvalue weighted by Gasteiger charge is 2.52. The fourth-order valence-electron chi connectivity index (χ4n) is 1.94. The summed E-state index contributed by atoms with van der Waals surface area (Å²) in [5, 5.41) is 0. The number of hydrogen-bond acceptors (Lipinski definition) is 5. The van der Waals surface area contributed by atoms with E-state index in [1.807, 2.05) is 0 Å². The molecule has 1 aliphatic heterocycles. The Balaban J connectivity index is 2.36. The van der Waals surface area contributed by atoms with Gasteiger partial charge in [0, 0.05) is 0 Å². The second-order valence-corrected chi connectivity index (χ2v) is 11.1. The first-order valence-electron chi connectivity index (χ1n) is 6.61. The molecule has 1 aromatic rings. The lowest BCUT2D eigenvalue weighted by Gasteiger charge is -2.36. The zero-order valence-electron chi connectivity index (χ0n) is 12.0. The smallest absolute Gasteiger partial charge is 0.307 e. The monoisotopic (exact) mass is 421 g/mol. The quantitative estimate of drug-likeness (QED) is 0.591. The van der Waals surface area contributed by atoms with Gasteiger partial charge in [-0.15, -0.1) is 0 Å². The predicted octanol–water partition coefficient (Wildman–Crippen LogP) is 3.68. The van der Waals surface area contributed by atoms with Crippen LogP contribution in [0.15, 0.2) is 35.2 Å². The molecular weight excluding hydrogens is 408 g/mol. The molecule has 0 aliphatic carbocycles. The molecule has 3 unspecified atom stereocenters. The van der Waals surface area contributed by atoms with Gasteiger partial charge in [-0.3, -0.25) is 4.57 Å². The van der Waals surface area contributed by atoms with E-state index in [1.165, 1.54) is 24.3 Å². The molecular formula is C12H15Cl3NO5PS. The average Bonchev–Trinajstić information content (AvgIpc) is 2.44. The number of rotatable bonds is 4. The van der Waals surface area contributed by atoms with Crippen LogP contribution in [0, 0.1) is 0 Å². The Hall–Kier alpha value is 0.150. The molecule has 0 spiro atoms. The number of benzene rings is 1. The van der Waals surface area contributed by atoms with Crippen molar-refractivity contribution >= 4 is 52.4 Å². The number of alkyl halides is 3. The van der Waals surface area contributed by atoms with E-state index in [0.717, 1.165) is 0 Å². The van der Waals surface area contributed by atoms with Crippen molar-refractivity contribution < 1.29 is 22.0 Å². The van der Waals surface area contributed by atoms with Crippen molar-refractivity contribution in [3.05, 3.63) is 30.3 Å². The van der Waals surface area contributed by atoms with Crippen molar-refractivity contribution in [2.75, 3.05) is 6.61 Å². The Morgan fingerprint density at radius 3 is 2.43 bits per heavy atom. The molecule has 130 valence electrons. The van der Waals surface area contributed by atoms with Crippen molar-refractivity contribution in [1.82, 2.24) is 4.72 Å². The van der Waals surface area contributed by atoms with Gasteiger partial charge in [0.15, 0.2) is 5.78 Å². The zero-order valence-corrected chi connectivity index (χ0v) is 16.0. The molecule has 0 bridgehead atoms. The summed E-state index contributed by atoms with van der Waals surface area (Å²) in [7, 11) is -8.09. The van der Waals surface area contributed by atoms with Crippen molar-refractivity contribution in [2.24, 2.45) is 0 Å². The first-order valence-corrected chi connectivity index (χ1v) is 10.8. The van der Waals surface area contributed by atoms with Crippen LogP contribution in [0.4, 0.5) is 0 Å². The van der Waals surface area contributed by atoms with Crippen LogP contribution in [-0.4, -0.2) is 30.7 Å². The lowest BCUT2D eigenvalue weighted by Crippen LogP contribution is -2.45. The summed E-state index contributed by atoms with van der Waals surface area (Å²) in [5.74, 6) is -1.67. The minimum Gasteiger partial charge on any atom is -0.307 e. The van der Waals surface area contributed by atoms with Crippen molar-refractivity contribution in [2.45, 2.75) is 33.9 Å². The fourth-order valence-corrected chi connectivity index (χ4v) is 7.09. The summed E-state index contributed by atoms with van der Waals surface area (Å²) in [5.41, 5.74) is 0. The Morgan fingerprint density at radius 1 is 1.30 bits per heavy atom. The van der Waals surface area contributed by atoms with Crippen molar-refractivity contribution in [1.29, 1.82) is 0 Å². The summed E-state index contributed by atoms with van der Waals surface area (Å²) in [4.78, 5) is -0.0593. The van der Waals surface area contributed by atoms with Crippen LogP contribution < -0.4 is 4.72 Å². The molecule has 1 fully saturated rings. The Bertz CT molecular complexity index is 694. The normalized spacial score (nSPS) is 27.6. The fraction of sp³-hybridized carbons (Fsp3) is 0.500. The van der Waals surface area contributed by atoms with Gasteiger partial charge in [-0.1, -0.05) is 53.0 Å². The highest BCUT2D eigenvalue weighted by atomic mass is 35.6. The molecule has 11 heteroatoms. The molecule has 1 saturated heterocycles. The maximum Gasteiger partial charge on any atom is 0.353 e. The van der Waals surface area contributed by atoms with E-state index in [0.29, 0.717) is 6.42 Å². The average molecular weight is 423 g/mol. The maximum absolute atomic E-state index is 12.9. The standard InChI is InChI=1S/C12H15Cl3NO5PS/c1-9-7-8-20-22(17,21-9)11(12(13,14)15)16-23(18,19)10-5-3-2-4-6-10/h2-6,9,11,16H,7-8H2,1H3. The van der Waals surface area contributed by atoms with E-state index >= 15 is 0 Å². The molecule has 1 aliphatic rings. The molecule has 0 amide bonds. The van der Waals surface area contributed by atoms with Gasteiger partial charge in [0.2, 0.25) is 13.8 Å². The van der Waals surface area contributed by atoms with Gasteiger partial charge in [-0.05, 0) is 25.5 Å². The Labute approximate surface area is 150 Å². The minimum absolute atomic E-state index is 0.0593. The van der Waals surface area contributed by atoms with E-state index in [1.54, 1.807) is 13.0 Å². The third kappa shape index (κ3) is 4.83. The lowest BCUT2D eigenvalue weighted by molar-refractivity contribution is 0.0869. The van der Waals surface area contributed by atoms with Gasteiger partial charge in [-0.2, -0.15) is 4.72 Å². The van der Waals surface area contributed by atoms with E-state index < -0.39 is 33.3 Å². The third-order valence-corrected chi connectivity index (χ3v) is 8.14. The topological polar surface area (TPSA) is 81.7 Å². The molecule has 2 rings (SSSR count). The van der Waals surface area contributed by atoms with Gasteiger partial charge in [0.1, 0.15) is 0 Å². The second kappa shape index (κ2) is 7.18. The predicted molar refractivity (Wildman–Crippen MR) is 89.6 cm³/mol. The highest BCUT2D eigenvalue weighted by molar-refractivity contribution is 7.89. The van der Waals surface area contributed by atoms with Crippen LogP contribution in [0.25, 0.3) is 0 Å². The van der Waals surface area contributed by atoms with E-state index in [9.17, 15) is 13.0 Å². The van der Waals surface area contributed by atoms with Gasteiger partial charge in [0.05, 0.1) is 17.6 Å². The molecule has 0 aromatic heterocycles. The summed E-state index contributed by atoms with van der Waals surface area (Å²) in [6.45, 7) is 1.79. The Morgan fingerprint density at radius 2 is 1.91 bits per heavy atom. The van der Waals surface area contributed by atoms with Crippen LogP contribution in [0.1, 0.15) is 13.3 Å².